The Morgan fingerprint density at radius 2 is 1.46 bits per heavy atom. The molecule has 1 saturated heterocycles. The number of methoxy groups -OCH3 is 1. The van der Waals surface area contributed by atoms with Crippen LogP contribution in [0.15, 0.2) is 18.2 Å². The predicted octanol–water partition coefficient (Wildman–Crippen LogP) is 3.08. The monoisotopic (exact) mass is 669 g/mol. The van der Waals surface area contributed by atoms with Crippen molar-refractivity contribution in [1.29, 1.82) is 0 Å². The molecule has 46 heavy (non-hydrogen) atoms. The second-order valence-corrected chi connectivity index (χ2v) is 16.9. The molecule has 0 bridgehead atoms. The van der Waals surface area contributed by atoms with Crippen LogP contribution in [0.1, 0.15) is 59.9 Å². The van der Waals surface area contributed by atoms with Crippen LogP contribution in [0.5, 0.6) is 5.75 Å². The Balaban J connectivity index is 2.60. The predicted molar refractivity (Wildman–Crippen MR) is 162 cm³/mol. The number of carboxylic acids is 1. The molecule has 1 aliphatic heterocycles. The first-order valence-corrected chi connectivity index (χ1v) is 17.4. The third kappa shape index (κ3) is 10.8. The number of ether oxygens (including phenoxy) is 6. The van der Waals surface area contributed by atoms with Gasteiger partial charge in [0.25, 0.3) is 0 Å². The van der Waals surface area contributed by atoms with E-state index in [1.807, 2.05) is 13.1 Å². The molecule has 1 aromatic rings. The standard InChI is InChI=1S/C30H43NO14Si/c1-16(32)41-24-25(42-17(2)33)27(43-18(3)34)29(45-26(24)28(38)39-7)44-21-11-10-20(31-22(35)12-13-23(36)37)14-19(21)15-40-46(8,9)30(4,5)6/h10-11,14,24-27,29H,12-13,15H2,1-9H3,(H,31,35)(H,36,37). The van der Waals surface area contributed by atoms with E-state index in [9.17, 15) is 28.8 Å². The van der Waals surface area contributed by atoms with Gasteiger partial charge < -0.3 is 43.3 Å². The van der Waals surface area contributed by atoms with E-state index >= 15 is 0 Å². The number of carboxylic acid groups (broad SMARTS) is 1. The summed E-state index contributed by atoms with van der Waals surface area (Å²) in [5.74, 6) is -5.01. The number of hydrogen-bond donors (Lipinski definition) is 2. The lowest BCUT2D eigenvalue weighted by molar-refractivity contribution is -0.282. The number of amides is 1. The highest BCUT2D eigenvalue weighted by atomic mass is 28.4. The molecule has 1 fully saturated rings. The lowest BCUT2D eigenvalue weighted by atomic mass is 9.97. The molecule has 2 N–H and O–H groups in total. The molecule has 5 atom stereocenters. The fraction of sp³-hybridized carbons (Fsp3) is 0.600. The zero-order valence-corrected chi connectivity index (χ0v) is 28.5. The summed E-state index contributed by atoms with van der Waals surface area (Å²) in [6, 6.07) is 4.52. The van der Waals surface area contributed by atoms with Crippen molar-refractivity contribution in [3.63, 3.8) is 0 Å². The maximum absolute atomic E-state index is 12.8. The average molecular weight is 670 g/mol. The minimum atomic E-state index is -2.33. The fourth-order valence-electron chi connectivity index (χ4n) is 4.10. The van der Waals surface area contributed by atoms with E-state index in [1.165, 1.54) is 12.1 Å². The summed E-state index contributed by atoms with van der Waals surface area (Å²) in [6.45, 7) is 13.5. The van der Waals surface area contributed by atoms with Crippen molar-refractivity contribution in [1.82, 2.24) is 0 Å². The summed E-state index contributed by atoms with van der Waals surface area (Å²) >= 11 is 0. The molecule has 5 unspecified atom stereocenters. The van der Waals surface area contributed by atoms with E-state index in [2.05, 4.69) is 26.1 Å². The topological polar surface area (TPSA) is 199 Å². The first-order valence-electron chi connectivity index (χ1n) is 14.5. The highest BCUT2D eigenvalue weighted by molar-refractivity contribution is 6.74. The minimum Gasteiger partial charge on any atom is -0.481 e. The van der Waals surface area contributed by atoms with Gasteiger partial charge in [-0.15, -0.1) is 0 Å². The van der Waals surface area contributed by atoms with Crippen LogP contribution < -0.4 is 10.1 Å². The van der Waals surface area contributed by atoms with Crippen molar-refractivity contribution in [2.75, 3.05) is 12.4 Å². The number of rotatable bonds is 13. The number of aliphatic carboxylic acids is 1. The first kappa shape index (κ1) is 38.2. The molecule has 1 aromatic carbocycles. The second-order valence-electron chi connectivity index (χ2n) is 12.1. The Bertz CT molecular complexity index is 1310. The molecular weight excluding hydrogens is 626 g/mol. The van der Waals surface area contributed by atoms with E-state index in [-0.39, 0.29) is 30.2 Å². The Morgan fingerprint density at radius 3 is 1.98 bits per heavy atom. The molecule has 2 rings (SSSR count). The van der Waals surface area contributed by atoms with Crippen molar-refractivity contribution in [2.24, 2.45) is 0 Å². The summed E-state index contributed by atoms with van der Waals surface area (Å²) in [7, 11) is -1.26. The molecule has 16 heteroatoms. The van der Waals surface area contributed by atoms with E-state index in [1.54, 1.807) is 6.07 Å². The van der Waals surface area contributed by atoms with Gasteiger partial charge in [-0.05, 0) is 36.3 Å². The molecule has 0 aromatic heterocycles. The number of esters is 4. The molecule has 0 radical (unpaired) electrons. The number of nitrogens with one attached hydrogen (secondary N) is 1. The van der Waals surface area contributed by atoms with Crippen LogP contribution in [-0.2, 0) is 63.5 Å². The van der Waals surface area contributed by atoms with E-state index in [4.69, 9.17) is 38.0 Å². The van der Waals surface area contributed by atoms with Gasteiger partial charge in [0.15, 0.2) is 26.6 Å². The maximum Gasteiger partial charge on any atom is 0.339 e. The molecular formula is C30H43NO14Si. The quantitative estimate of drug-likeness (QED) is 0.176. The maximum atomic E-state index is 12.8. The first-order chi connectivity index (χ1) is 21.2. The van der Waals surface area contributed by atoms with E-state index in [0.29, 0.717) is 11.3 Å². The van der Waals surface area contributed by atoms with Gasteiger partial charge in [0.05, 0.1) is 20.1 Å². The normalized spacial score (nSPS) is 21.4. The van der Waals surface area contributed by atoms with Gasteiger partial charge in [0.1, 0.15) is 5.75 Å². The van der Waals surface area contributed by atoms with Gasteiger partial charge in [0, 0.05) is 38.4 Å². The molecule has 1 heterocycles. The van der Waals surface area contributed by atoms with E-state index < -0.39 is 74.8 Å². The van der Waals surface area contributed by atoms with Crippen LogP contribution in [0.3, 0.4) is 0 Å². The second kappa shape index (κ2) is 16.0. The van der Waals surface area contributed by atoms with Gasteiger partial charge in [-0.25, -0.2) is 4.79 Å². The smallest absolute Gasteiger partial charge is 0.339 e. The van der Waals surface area contributed by atoms with Crippen LogP contribution in [0, 0.1) is 0 Å². The number of benzene rings is 1. The number of anilines is 1. The Labute approximate surface area is 268 Å². The molecule has 0 aliphatic carbocycles. The lowest BCUT2D eigenvalue weighted by Crippen LogP contribution is -2.64. The van der Waals surface area contributed by atoms with Crippen LogP contribution in [0.25, 0.3) is 0 Å². The van der Waals surface area contributed by atoms with Crippen LogP contribution in [0.2, 0.25) is 18.1 Å². The van der Waals surface area contributed by atoms with Crippen LogP contribution in [0.4, 0.5) is 5.69 Å². The SMILES string of the molecule is COC(=O)C1OC(Oc2ccc(NC(=O)CCC(=O)O)cc2CO[Si](C)(C)C(C)(C)C)C(OC(C)=O)C(OC(C)=O)C1OC(C)=O. The summed E-state index contributed by atoms with van der Waals surface area (Å²) in [6.07, 6.45) is -8.52. The van der Waals surface area contributed by atoms with E-state index in [0.717, 1.165) is 27.9 Å². The minimum absolute atomic E-state index is 0.000504. The molecule has 0 spiro atoms. The average Bonchev–Trinajstić information content (AvgIpc) is 2.93. The van der Waals surface area contributed by atoms with Gasteiger partial charge in [-0.3, -0.25) is 24.0 Å². The third-order valence-corrected chi connectivity index (χ3v) is 11.9. The Morgan fingerprint density at radius 1 is 0.891 bits per heavy atom. The van der Waals surface area contributed by atoms with Gasteiger partial charge in [-0.2, -0.15) is 0 Å². The molecule has 0 saturated carbocycles. The highest BCUT2D eigenvalue weighted by Crippen LogP contribution is 2.39. The van der Waals surface area contributed by atoms with Crippen molar-refractivity contribution in [2.45, 2.75) is 110 Å². The van der Waals surface area contributed by atoms with Crippen molar-refractivity contribution < 1.29 is 66.7 Å². The summed E-state index contributed by atoms with van der Waals surface area (Å²) in [4.78, 5) is 72.4. The zero-order valence-electron chi connectivity index (χ0n) is 27.5. The Hall–Kier alpha value is -4.02. The van der Waals surface area contributed by atoms with Gasteiger partial charge in [0.2, 0.25) is 18.3 Å². The van der Waals surface area contributed by atoms with Crippen molar-refractivity contribution in [3.8, 4) is 5.75 Å². The molecule has 1 aliphatic rings. The Kier molecular flexibility index (Phi) is 13.3. The van der Waals surface area contributed by atoms with Crippen LogP contribution >= 0.6 is 0 Å². The number of carbonyl (C=O) groups is 6. The van der Waals surface area contributed by atoms with Gasteiger partial charge >= 0.3 is 29.8 Å². The lowest BCUT2D eigenvalue weighted by Gasteiger charge is -2.43. The summed E-state index contributed by atoms with van der Waals surface area (Å²) < 4.78 is 39.4. The number of hydrogen-bond acceptors (Lipinski definition) is 13. The van der Waals surface area contributed by atoms with Crippen LogP contribution in [-0.4, -0.2) is 87.0 Å². The molecule has 1 amide bonds. The van der Waals surface area contributed by atoms with Gasteiger partial charge in [-0.1, -0.05) is 20.8 Å². The molecule has 15 nitrogen and oxygen atoms in total. The number of carbonyl (C=O) groups excluding carboxylic acids is 5. The van der Waals surface area contributed by atoms with Crippen molar-refractivity contribution >= 4 is 49.8 Å². The highest BCUT2D eigenvalue weighted by Gasteiger charge is 2.56. The largest absolute Gasteiger partial charge is 0.481 e. The van der Waals surface area contributed by atoms with Crippen molar-refractivity contribution in [3.05, 3.63) is 23.8 Å². The summed E-state index contributed by atoms with van der Waals surface area (Å²) in [5, 5.41) is 11.4. The third-order valence-electron chi connectivity index (χ3n) is 7.38. The molecule has 256 valence electrons. The zero-order chi connectivity index (χ0) is 35.0. The fourth-order valence-corrected chi connectivity index (χ4v) is 5.05. The summed E-state index contributed by atoms with van der Waals surface area (Å²) in [5.41, 5.74) is 0.726.